The quantitative estimate of drug-likeness (QED) is 0.669. The van der Waals surface area contributed by atoms with Crippen molar-refractivity contribution in [2.24, 2.45) is 0 Å². The first-order valence-corrected chi connectivity index (χ1v) is 4.15. The summed E-state index contributed by atoms with van der Waals surface area (Å²) in [5.41, 5.74) is 5.70. The second-order valence-electron chi connectivity index (χ2n) is 2.88. The highest BCUT2D eigenvalue weighted by atomic mass is 19.3. The maximum absolute atomic E-state index is 11.9. The Morgan fingerprint density at radius 2 is 2.20 bits per heavy atom. The summed E-state index contributed by atoms with van der Waals surface area (Å²) in [6.45, 7) is -0.525. The molecule has 0 saturated heterocycles. The summed E-state index contributed by atoms with van der Waals surface area (Å²) >= 11 is 0. The fourth-order valence-electron chi connectivity index (χ4n) is 1.05. The average Bonchev–Trinajstić information content (AvgIpc) is 2.16. The Hall–Kier alpha value is -1.85. The van der Waals surface area contributed by atoms with Gasteiger partial charge in [-0.05, 0) is 18.2 Å². The molecule has 0 bridgehead atoms. The van der Waals surface area contributed by atoms with Crippen LogP contribution in [0.4, 0.5) is 20.2 Å². The van der Waals surface area contributed by atoms with Gasteiger partial charge in [0.2, 0.25) is 0 Å². The molecule has 4 nitrogen and oxygen atoms in total. The van der Waals surface area contributed by atoms with E-state index in [1.807, 2.05) is 0 Å². The van der Waals surface area contributed by atoms with E-state index in [0.29, 0.717) is 5.69 Å². The van der Waals surface area contributed by atoms with E-state index in [0.717, 1.165) is 0 Å². The van der Waals surface area contributed by atoms with Gasteiger partial charge in [0.15, 0.2) is 0 Å². The van der Waals surface area contributed by atoms with Gasteiger partial charge in [0.1, 0.15) is 0 Å². The smallest absolute Gasteiger partial charge is 0.337 e. The van der Waals surface area contributed by atoms with Crippen LogP contribution in [-0.4, -0.2) is 24.0 Å². The minimum Gasteiger partial charge on any atom is -0.478 e. The second kappa shape index (κ2) is 4.59. The molecule has 1 rings (SSSR count). The van der Waals surface area contributed by atoms with Crippen molar-refractivity contribution in [3.63, 3.8) is 0 Å². The summed E-state index contributed by atoms with van der Waals surface area (Å²) in [5, 5.41) is 11.1. The van der Waals surface area contributed by atoms with Gasteiger partial charge in [0.25, 0.3) is 6.43 Å². The highest BCUT2D eigenvalue weighted by molar-refractivity contribution is 5.94. The molecule has 0 unspecified atom stereocenters. The summed E-state index contributed by atoms with van der Waals surface area (Å²) in [6, 6.07) is 4.03. The van der Waals surface area contributed by atoms with Crippen LogP contribution in [0, 0.1) is 0 Å². The van der Waals surface area contributed by atoms with Crippen molar-refractivity contribution in [3.8, 4) is 0 Å². The Labute approximate surface area is 84.7 Å². The molecule has 1 aromatic rings. The number of carboxylic acids is 1. The number of benzene rings is 1. The highest BCUT2D eigenvalue weighted by Gasteiger charge is 2.09. The average molecular weight is 216 g/mol. The molecule has 6 heteroatoms. The second-order valence-corrected chi connectivity index (χ2v) is 2.88. The largest absolute Gasteiger partial charge is 0.478 e. The van der Waals surface area contributed by atoms with Crippen molar-refractivity contribution in [3.05, 3.63) is 23.8 Å². The van der Waals surface area contributed by atoms with Crippen LogP contribution in [0.25, 0.3) is 0 Å². The molecule has 0 saturated carbocycles. The number of alkyl halides is 2. The third-order valence-electron chi connectivity index (χ3n) is 1.74. The van der Waals surface area contributed by atoms with Crippen molar-refractivity contribution in [1.82, 2.24) is 0 Å². The molecule has 0 radical (unpaired) electrons. The van der Waals surface area contributed by atoms with Gasteiger partial charge < -0.3 is 16.2 Å². The SMILES string of the molecule is Nc1ccc(NCC(F)F)cc1C(=O)O. The standard InChI is InChI=1S/C9H10F2N2O2/c10-8(11)4-13-5-1-2-7(12)6(3-5)9(14)15/h1-3,8,13H,4,12H2,(H,14,15). The normalized spacial score (nSPS) is 10.3. The predicted molar refractivity (Wildman–Crippen MR) is 52.3 cm³/mol. The van der Waals surface area contributed by atoms with E-state index in [1.165, 1.54) is 18.2 Å². The first-order valence-electron chi connectivity index (χ1n) is 4.15. The number of nitrogens with one attached hydrogen (secondary N) is 1. The number of nitrogen functional groups attached to an aromatic ring is 1. The Morgan fingerprint density at radius 3 is 2.73 bits per heavy atom. The maximum Gasteiger partial charge on any atom is 0.337 e. The predicted octanol–water partition coefficient (Wildman–Crippen LogP) is 1.64. The minimum atomic E-state index is -2.49. The monoisotopic (exact) mass is 216 g/mol. The van der Waals surface area contributed by atoms with Crippen LogP contribution in [0.3, 0.4) is 0 Å². The number of anilines is 2. The molecule has 1 aromatic carbocycles. The Balaban J connectivity index is 2.83. The molecule has 82 valence electrons. The van der Waals surface area contributed by atoms with Gasteiger partial charge in [-0.15, -0.1) is 0 Å². The minimum absolute atomic E-state index is 0.102. The number of carboxylic acid groups (broad SMARTS) is 1. The Bertz CT molecular complexity index is 369. The molecular formula is C9H10F2N2O2. The third-order valence-corrected chi connectivity index (χ3v) is 1.74. The lowest BCUT2D eigenvalue weighted by Gasteiger charge is -2.07. The van der Waals surface area contributed by atoms with Crippen LogP contribution in [0.15, 0.2) is 18.2 Å². The van der Waals surface area contributed by atoms with Crippen LogP contribution < -0.4 is 11.1 Å². The molecule has 0 aliphatic carbocycles. The zero-order valence-electron chi connectivity index (χ0n) is 7.71. The molecule has 15 heavy (non-hydrogen) atoms. The number of rotatable bonds is 4. The zero-order valence-corrected chi connectivity index (χ0v) is 7.71. The van der Waals surface area contributed by atoms with E-state index in [1.54, 1.807) is 0 Å². The molecule has 0 atom stereocenters. The van der Waals surface area contributed by atoms with Gasteiger partial charge in [0, 0.05) is 11.4 Å². The van der Waals surface area contributed by atoms with Crippen molar-refractivity contribution >= 4 is 17.3 Å². The molecule has 0 amide bonds. The summed E-state index contributed by atoms with van der Waals surface area (Å²) in [4.78, 5) is 10.7. The van der Waals surface area contributed by atoms with E-state index in [4.69, 9.17) is 10.8 Å². The van der Waals surface area contributed by atoms with Crippen LogP contribution >= 0.6 is 0 Å². The van der Waals surface area contributed by atoms with E-state index in [-0.39, 0.29) is 11.3 Å². The van der Waals surface area contributed by atoms with Gasteiger partial charge in [-0.3, -0.25) is 0 Å². The molecule has 0 aliphatic rings. The molecule has 0 spiro atoms. The van der Waals surface area contributed by atoms with Crippen LogP contribution in [0.5, 0.6) is 0 Å². The van der Waals surface area contributed by atoms with Crippen molar-refractivity contribution in [2.75, 3.05) is 17.6 Å². The Morgan fingerprint density at radius 1 is 1.53 bits per heavy atom. The molecule has 0 fully saturated rings. The number of hydrogen-bond acceptors (Lipinski definition) is 3. The van der Waals surface area contributed by atoms with Gasteiger partial charge in [-0.1, -0.05) is 0 Å². The summed E-state index contributed by atoms with van der Waals surface area (Å²) in [5.74, 6) is -1.19. The lowest BCUT2D eigenvalue weighted by molar-refractivity contribution is 0.0698. The van der Waals surface area contributed by atoms with E-state index < -0.39 is 18.9 Å². The first-order chi connectivity index (χ1) is 7.00. The number of nitrogens with two attached hydrogens (primary N) is 1. The van der Waals surface area contributed by atoms with Gasteiger partial charge in [-0.2, -0.15) is 0 Å². The molecule has 0 heterocycles. The first kappa shape index (κ1) is 11.2. The van der Waals surface area contributed by atoms with E-state index >= 15 is 0 Å². The maximum atomic E-state index is 11.9. The molecule has 0 aromatic heterocycles. The van der Waals surface area contributed by atoms with Crippen LogP contribution in [0.2, 0.25) is 0 Å². The summed E-state index contributed by atoms with van der Waals surface area (Å²) < 4.78 is 23.7. The van der Waals surface area contributed by atoms with Crippen molar-refractivity contribution in [1.29, 1.82) is 0 Å². The topological polar surface area (TPSA) is 75.3 Å². The van der Waals surface area contributed by atoms with Crippen LogP contribution in [0.1, 0.15) is 10.4 Å². The van der Waals surface area contributed by atoms with E-state index in [2.05, 4.69) is 5.32 Å². The van der Waals surface area contributed by atoms with Crippen molar-refractivity contribution in [2.45, 2.75) is 6.43 Å². The molecule has 4 N–H and O–H groups in total. The lowest BCUT2D eigenvalue weighted by atomic mass is 10.1. The summed E-state index contributed by atoms with van der Waals surface area (Å²) in [6.07, 6.45) is -2.49. The van der Waals surface area contributed by atoms with Crippen LogP contribution in [-0.2, 0) is 0 Å². The van der Waals surface area contributed by atoms with Crippen molar-refractivity contribution < 1.29 is 18.7 Å². The number of halogens is 2. The number of hydrogen-bond donors (Lipinski definition) is 3. The number of aromatic carboxylic acids is 1. The lowest BCUT2D eigenvalue weighted by Crippen LogP contribution is -2.11. The Kier molecular flexibility index (Phi) is 3.43. The number of carbonyl (C=O) groups is 1. The molecule has 0 aliphatic heterocycles. The van der Waals surface area contributed by atoms with E-state index in [9.17, 15) is 13.6 Å². The van der Waals surface area contributed by atoms with Gasteiger partial charge in [-0.25, -0.2) is 13.6 Å². The zero-order chi connectivity index (χ0) is 11.4. The summed E-state index contributed by atoms with van der Waals surface area (Å²) in [7, 11) is 0. The fraction of sp³-hybridized carbons (Fsp3) is 0.222. The highest BCUT2D eigenvalue weighted by Crippen LogP contribution is 2.17. The van der Waals surface area contributed by atoms with Gasteiger partial charge in [0.05, 0.1) is 12.1 Å². The van der Waals surface area contributed by atoms with Gasteiger partial charge >= 0.3 is 5.97 Å². The third kappa shape index (κ3) is 3.08. The molecular weight excluding hydrogens is 206 g/mol. The fourth-order valence-corrected chi connectivity index (χ4v) is 1.05.